The number of rotatable bonds is 2. The van der Waals surface area contributed by atoms with Gasteiger partial charge in [0.1, 0.15) is 0 Å². The molecular formula is C15H17N3. The molecule has 0 saturated heterocycles. The Morgan fingerprint density at radius 3 is 2.78 bits per heavy atom. The number of hydrogen-bond acceptors (Lipinski definition) is 2. The largest absolute Gasteiger partial charge is 0.324 e. The molecule has 3 nitrogen and oxygen atoms in total. The molecule has 1 aromatic carbocycles. The predicted molar refractivity (Wildman–Crippen MR) is 73.4 cm³/mol. The third-order valence-corrected chi connectivity index (χ3v) is 3.37. The van der Waals surface area contributed by atoms with Crippen molar-refractivity contribution in [3.05, 3.63) is 54.4 Å². The summed E-state index contributed by atoms with van der Waals surface area (Å²) in [6.07, 6.45) is 7.37. The van der Waals surface area contributed by atoms with Crippen LogP contribution in [-0.4, -0.2) is 15.8 Å². The first-order valence-electron chi connectivity index (χ1n) is 6.41. The van der Waals surface area contributed by atoms with Crippen LogP contribution in [0.4, 0.5) is 0 Å². The first-order chi connectivity index (χ1) is 8.84. The lowest BCUT2D eigenvalue weighted by Crippen LogP contribution is -2.20. The molecule has 92 valence electrons. The van der Waals surface area contributed by atoms with Gasteiger partial charge in [-0.3, -0.25) is 0 Å². The van der Waals surface area contributed by atoms with Crippen molar-refractivity contribution in [2.24, 2.45) is 5.73 Å². The molecule has 1 aliphatic carbocycles. The number of nitrogens with zero attached hydrogens (tertiary/aromatic N) is 2. The Labute approximate surface area is 107 Å². The van der Waals surface area contributed by atoms with Crippen LogP contribution in [0.5, 0.6) is 0 Å². The number of benzene rings is 1. The summed E-state index contributed by atoms with van der Waals surface area (Å²) >= 11 is 0. The Hall–Kier alpha value is -1.87. The standard InChI is InChI=1S/C15H17N3/c16-13-6-4-5-12(11-13)15-9-10-17-18(15)14-7-2-1-3-8-14/h1-3,7-11,13H,4-6,16H2. The van der Waals surface area contributed by atoms with E-state index in [2.05, 4.69) is 29.4 Å². The summed E-state index contributed by atoms with van der Waals surface area (Å²) in [4.78, 5) is 0. The van der Waals surface area contributed by atoms with Crippen LogP contribution in [0.3, 0.4) is 0 Å². The molecule has 2 aromatic rings. The zero-order valence-corrected chi connectivity index (χ0v) is 10.3. The van der Waals surface area contributed by atoms with E-state index in [1.807, 2.05) is 29.1 Å². The van der Waals surface area contributed by atoms with Gasteiger partial charge in [0.05, 0.1) is 17.6 Å². The maximum atomic E-state index is 6.01. The van der Waals surface area contributed by atoms with Crippen LogP contribution < -0.4 is 5.73 Å². The highest BCUT2D eigenvalue weighted by molar-refractivity contribution is 5.65. The summed E-state index contributed by atoms with van der Waals surface area (Å²) in [6, 6.07) is 12.5. The van der Waals surface area contributed by atoms with Crippen molar-refractivity contribution >= 4 is 5.57 Å². The normalized spacial score (nSPS) is 19.6. The van der Waals surface area contributed by atoms with Crippen LogP contribution in [0, 0.1) is 0 Å². The van der Waals surface area contributed by atoms with E-state index in [0.29, 0.717) is 0 Å². The van der Waals surface area contributed by atoms with Gasteiger partial charge in [0.25, 0.3) is 0 Å². The molecule has 18 heavy (non-hydrogen) atoms. The van der Waals surface area contributed by atoms with Gasteiger partial charge in [-0.15, -0.1) is 0 Å². The third kappa shape index (κ3) is 2.09. The van der Waals surface area contributed by atoms with Gasteiger partial charge in [0, 0.05) is 6.04 Å². The van der Waals surface area contributed by atoms with E-state index in [1.165, 1.54) is 5.57 Å². The van der Waals surface area contributed by atoms with Gasteiger partial charge in [-0.05, 0) is 43.0 Å². The first kappa shape index (κ1) is 11.2. The van der Waals surface area contributed by atoms with E-state index < -0.39 is 0 Å². The Balaban J connectivity index is 2.02. The molecule has 3 heteroatoms. The minimum Gasteiger partial charge on any atom is -0.324 e. The quantitative estimate of drug-likeness (QED) is 0.875. The molecular weight excluding hydrogens is 222 g/mol. The lowest BCUT2D eigenvalue weighted by molar-refractivity contribution is 0.651. The minimum absolute atomic E-state index is 0.188. The van der Waals surface area contributed by atoms with Crippen molar-refractivity contribution in [2.45, 2.75) is 25.3 Å². The van der Waals surface area contributed by atoms with Crippen LogP contribution in [0.15, 0.2) is 48.7 Å². The number of aromatic nitrogens is 2. The van der Waals surface area contributed by atoms with Crippen molar-refractivity contribution < 1.29 is 0 Å². The van der Waals surface area contributed by atoms with Crippen LogP contribution in [0.1, 0.15) is 25.0 Å². The van der Waals surface area contributed by atoms with Crippen molar-refractivity contribution in [1.29, 1.82) is 0 Å². The SMILES string of the molecule is NC1C=C(c2ccnn2-c2ccccc2)CCC1. The average molecular weight is 239 g/mol. The van der Waals surface area contributed by atoms with Gasteiger partial charge in [-0.2, -0.15) is 5.10 Å². The topological polar surface area (TPSA) is 43.8 Å². The van der Waals surface area contributed by atoms with Gasteiger partial charge in [-0.1, -0.05) is 24.3 Å². The predicted octanol–water partition coefficient (Wildman–Crippen LogP) is 2.77. The number of allylic oxidation sites excluding steroid dienone is 1. The fourth-order valence-corrected chi connectivity index (χ4v) is 2.49. The van der Waals surface area contributed by atoms with E-state index in [4.69, 9.17) is 5.73 Å². The van der Waals surface area contributed by atoms with Gasteiger partial charge in [0.15, 0.2) is 0 Å². The molecule has 3 rings (SSSR count). The van der Waals surface area contributed by atoms with Gasteiger partial charge in [-0.25, -0.2) is 4.68 Å². The van der Waals surface area contributed by atoms with E-state index in [9.17, 15) is 0 Å². The van der Waals surface area contributed by atoms with E-state index in [-0.39, 0.29) is 6.04 Å². The summed E-state index contributed by atoms with van der Waals surface area (Å²) in [7, 11) is 0. The fraction of sp³-hybridized carbons (Fsp3) is 0.267. The minimum atomic E-state index is 0.188. The van der Waals surface area contributed by atoms with Crippen LogP contribution in [0.2, 0.25) is 0 Å². The summed E-state index contributed by atoms with van der Waals surface area (Å²) in [6.45, 7) is 0. The molecule has 0 fully saturated rings. The molecule has 0 bridgehead atoms. The number of hydrogen-bond donors (Lipinski definition) is 1. The average Bonchev–Trinajstić information content (AvgIpc) is 2.89. The van der Waals surface area contributed by atoms with Crippen molar-refractivity contribution in [1.82, 2.24) is 9.78 Å². The van der Waals surface area contributed by atoms with Crippen molar-refractivity contribution in [2.75, 3.05) is 0 Å². The maximum Gasteiger partial charge on any atom is 0.0697 e. The Bertz CT molecular complexity index is 554. The molecule has 0 spiro atoms. The molecule has 1 aromatic heterocycles. The maximum absolute atomic E-state index is 6.01. The molecule has 0 aliphatic heterocycles. The van der Waals surface area contributed by atoms with Crippen LogP contribution in [-0.2, 0) is 0 Å². The molecule has 2 N–H and O–H groups in total. The van der Waals surface area contributed by atoms with E-state index in [1.54, 1.807) is 0 Å². The fourth-order valence-electron chi connectivity index (χ4n) is 2.49. The summed E-state index contributed by atoms with van der Waals surface area (Å²) in [5.41, 5.74) is 9.59. The van der Waals surface area contributed by atoms with Crippen LogP contribution >= 0.6 is 0 Å². The second kappa shape index (κ2) is 4.78. The lowest BCUT2D eigenvalue weighted by Gasteiger charge is -2.18. The highest BCUT2D eigenvalue weighted by atomic mass is 15.3. The smallest absolute Gasteiger partial charge is 0.0697 e. The van der Waals surface area contributed by atoms with E-state index >= 15 is 0 Å². The Morgan fingerprint density at radius 1 is 1.17 bits per heavy atom. The third-order valence-electron chi connectivity index (χ3n) is 3.37. The van der Waals surface area contributed by atoms with Crippen molar-refractivity contribution in [3.8, 4) is 5.69 Å². The molecule has 0 radical (unpaired) electrons. The molecule has 1 atom stereocenters. The van der Waals surface area contributed by atoms with Crippen molar-refractivity contribution in [3.63, 3.8) is 0 Å². The monoisotopic (exact) mass is 239 g/mol. The van der Waals surface area contributed by atoms with E-state index in [0.717, 1.165) is 30.6 Å². The first-order valence-corrected chi connectivity index (χ1v) is 6.41. The second-order valence-electron chi connectivity index (χ2n) is 4.71. The molecule has 1 aliphatic rings. The summed E-state index contributed by atoms with van der Waals surface area (Å²) in [5, 5.41) is 4.42. The molecule has 1 unspecified atom stereocenters. The number of para-hydroxylation sites is 1. The zero-order valence-electron chi connectivity index (χ0n) is 10.3. The van der Waals surface area contributed by atoms with Gasteiger partial charge >= 0.3 is 0 Å². The molecule has 0 saturated carbocycles. The summed E-state index contributed by atoms with van der Waals surface area (Å²) < 4.78 is 1.99. The number of nitrogens with two attached hydrogens (primary N) is 1. The molecule has 1 heterocycles. The Morgan fingerprint density at radius 2 is 2.00 bits per heavy atom. The zero-order chi connectivity index (χ0) is 12.4. The lowest BCUT2D eigenvalue weighted by atomic mass is 9.94. The Kier molecular flexibility index (Phi) is 2.99. The molecule has 0 amide bonds. The van der Waals surface area contributed by atoms with Crippen LogP contribution in [0.25, 0.3) is 11.3 Å². The summed E-state index contributed by atoms with van der Waals surface area (Å²) in [5.74, 6) is 0. The van der Waals surface area contributed by atoms with Gasteiger partial charge < -0.3 is 5.73 Å². The highest BCUT2D eigenvalue weighted by Gasteiger charge is 2.15. The highest BCUT2D eigenvalue weighted by Crippen LogP contribution is 2.27. The second-order valence-corrected chi connectivity index (χ2v) is 4.71. The van der Waals surface area contributed by atoms with Gasteiger partial charge in [0.2, 0.25) is 0 Å².